The van der Waals surface area contributed by atoms with Crippen molar-refractivity contribution in [3.63, 3.8) is 0 Å². The van der Waals surface area contributed by atoms with Crippen molar-refractivity contribution in [2.24, 2.45) is 11.7 Å². The van der Waals surface area contributed by atoms with Gasteiger partial charge in [0.25, 0.3) is 0 Å². The van der Waals surface area contributed by atoms with Crippen molar-refractivity contribution in [1.82, 2.24) is 10.9 Å². The van der Waals surface area contributed by atoms with Crippen LogP contribution < -0.4 is 21.3 Å². The average molecular weight is 439 g/mol. The molecule has 3 aromatic carbocycles. The monoisotopic (exact) mass is 438 g/mol. The van der Waals surface area contributed by atoms with E-state index >= 15 is 0 Å². The van der Waals surface area contributed by atoms with Crippen LogP contribution in [0.15, 0.2) is 90.3 Å². The fourth-order valence-electron chi connectivity index (χ4n) is 4.73. The fraction of sp³-hybridized carbons (Fsp3) is 0.222. The van der Waals surface area contributed by atoms with E-state index in [4.69, 9.17) is 15.2 Å². The molecule has 3 aromatic rings. The van der Waals surface area contributed by atoms with Gasteiger partial charge in [0, 0.05) is 17.4 Å². The molecule has 2 aliphatic rings. The van der Waals surface area contributed by atoms with Crippen molar-refractivity contribution in [3.05, 3.63) is 113 Å². The van der Waals surface area contributed by atoms with E-state index in [2.05, 4.69) is 60.2 Å². The lowest BCUT2D eigenvalue weighted by molar-refractivity contribution is 0.0336. The summed E-state index contributed by atoms with van der Waals surface area (Å²) in [5, 5.41) is 10.0. The van der Waals surface area contributed by atoms with Gasteiger partial charge in [0.1, 0.15) is 18.4 Å². The lowest BCUT2D eigenvalue weighted by Crippen LogP contribution is -2.41. The molecule has 0 saturated carbocycles. The minimum absolute atomic E-state index is 0.0668. The van der Waals surface area contributed by atoms with Gasteiger partial charge in [-0.2, -0.15) is 5.26 Å². The Morgan fingerprint density at radius 3 is 2.45 bits per heavy atom. The number of aryl methyl sites for hydroxylation is 1. The van der Waals surface area contributed by atoms with Gasteiger partial charge in [-0.25, -0.2) is 10.9 Å². The van der Waals surface area contributed by atoms with E-state index in [1.54, 1.807) is 0 Å². The maximum Gasteiger partial charge on any atom is 0.200 e. The number of allylic oxidation sites excluding steroid dienone is 1. The van der Waals surface area contributed by atoms with Gasteiger partial charge in [-0.1, -0.05) is 78.4 Å². The van der Waals surface area contributed by atoms with Gasteiger partial charge in [0.2, 0.25) is 5.88 Å². The quantitative estimate of drug-likeness (QED) is 0.554. The maximum absolute atomic E-state index is 10.0. The molecule has 1 saturated heterocycles. The Morgan fingerprint density at radius 2 is 1.70 bits per heavy atom. The first-order chi connectivity index (χ1) is 16.2. The number of fused-ring (bicyclic) bond motifs is 1. The zero-order valence-corrected chi connectivity index (χ0v) is 18.4. The average Bonchev–Trinajstić information content (AvgIpc) is 3.27. The Labute approximate surface area is 193 Å². The minimum atomic E-state index is -0.373. The minimum Gasteiger partial charge on any atom is -0.489 e. The van der Waals surface area contributed by atoms with E-state index in [-0.39, 0.29) is 30.0 Å². The second-order valence-electron chi connectivity index (χ2n) is 8.47. The Bertz CT molecular complexity index is 1200. The third kappa shape index (κ3) is 4.05. The van der Waals surface area contributed by atoms with Gasteiger partial charge in [-0.05, 0) is 24.1 Å². The number of nitrogens with zero attached hydrogens (tertiary/aromatic N) is 1. The number of ether oxygens (including phenoxy) is 2. The summed E-state index contributed by atoms with van der Waals surface area (Å²) < 4.78 is 12.2. The number of rotatable bonds is 5. The number of nitrogens with one attached hydrogen (secondary N) is 2. The summed E-state index contributed by atoms with van der Waals surface area (Å²) in [6.45, 7) is 2.50. The normalized spacial score (nSPS) is 24.0. The van der Waals surface area contributed by atoms with E-state index < -0.39 is 0 Å². The summed E-state index contributed by atoms with van der Waals surface area (Å²) in [6.07, 6.45) is -0.373. The van der Waals surface area contributed by atoms with Gasteiger partial charge in [-0.3, -0.25) is 0 Å². The molecule has 2 heterocycles. The first-order valence-electron chi connectivity index (χ1n) is 11.1. The highest BCUT2D eigenvalue weighted by Crippen LogP contribution is 2.49. The summed E-state index contributed by atoms with van der Waals surface area (Å²) >= 11 is 0. The van der Waals surface area contributed by atoms with E-state index in [1.807, 2.05) is 42.5 Å². The molecule has 0 radical (unpaired) electrons. The molecule has 1 fully saturated rings. The Balaban J connectivity index is 1.53. The van der Waals surface area contributed by atoms with Crippen molar-refractivity contribution in [1.29, 1.82) is 5.26 Å². The number of benzene rings is 3. The Hall–Kier alpha value is -3.79. The van der Waals surface area contributed by atoms with Crippen molar-refractivity contribution < 1.29 is 9.47 Å². The summed E-state index contributed by atoms with van der Waals surface area (Å²) in [5.41, 5.74) is 17.6. The molecule has 0 amide bonds. The topological polar surface area (TPSA) is 92.3 Å². The first kappa shape index (κ1) is 21.1. The van der Waals surface area contributed by atoms with Crippen LogP contribution >= 0.6 is 0 Å². The van der Waals surface area contributed by atoms with Gasteiger partial charge >= 0.3 is 0 Å². The number of hydrogen-bond acceptors (Lipinski definition) is 6. The highest BCUT2D eigenvalue weighted by atomic mass is 16.5. The number of nitriles is 1. The lowest BCUT2D eigenvalue weighted by Gasteiger charge is -2.36. The number of hydrazine groups is 1. The van der Waals surface area contributed by atoms with Gasteiger partial charge in [0.05, 0.1) is 11.6 Å². The molecule has 0 aliphatic carbocycles. The molecule has 0 aromatic heterocycles. The second kappa shape index (κ2) is 8.99. The Kier molecular flexibility index (Phi) is 5.74. The van der Waals surface area contributed by atoms with Crippen LogP contribution in [0.3, 0.4) is 0 Å². The molecule has 5 rings (SSSR count). The molecule has 0 spiro atoms. The molecule has 2 aliphatic heterocycles. The summed E-state index contributed by atoms with van der Waals surface area (Å²) in [6, 6.07) is 28.6. The van der Waals surface area contributed by atoms with Crippen molar-refractivity contribution in [2.75, 3.05) is 0 Å². The molecule has 6 nitrogen and oxygen atoms in total. The third-order valence-electron chi connectivity index (χ3n) is 6.38. The molecule has 166 valence electrons. The summed E-state index contributed by atoms with van der Waals surface area (Å²) in [7, 11) is 0. The molecule has 4 atom stereocenters. The van der Waals surface area contributed by atoms with Crippen LogP contribution in [0.5, 0.6) is 5.75 Å². The molecule has 4 N–H and O–H groups in total. The summed E-state index contributed by atoms with van der Waals surface area (Å²) in [5.74, 6) is 0.497. The van der Waals surface area contributed by atoms with Crippen LogP contribution in [0.2, 0.25) is 0 Å². The molecule has 0 bridgehead atoms. The first-order valence-corrected chi connectivity index (χ1v) is 11.1. The van der Waals surface area contributed by atoms with Crippen LogP contribution in [0.1, 0.15) is 34.2 Å². The summed E-state index contributed by atoms with van der Waals surface area (Å²) in [4.78, 5) is 0. The highest BCUT2D eigenvalue weighted by Gasteiger charge is 2.49. The van der Waals surface area contributed by atoms with Crippen LogP contribution in [-0.4, -0.2) is 6.23 Å². The molecular weight excluding hydrogens is 412 g/mol. The van der Waals surface area contributed by atoms with E-state index in [0.29, 0.717) is 12.2 Å². The third-order valence-corrected chi connectivity index (χ3v) is 6.38. The van der Waals surface area contributed by atoms with Gasteiger partial charge in [-0.15, -0.1) is 0 Å². The second-order valence-corrected chi connectivity index (χ2v) is 8.47. The van der Waals surface area contributed by atoms with Crippen molar-refractivity contribution in [3.8, 4) is 11.8 Å². The lowest BCUT2D eigenvalue weighted by atomic mass is 9.74. The number of nitrogens with two attached hydrogens (primary N) is 1. The van der Waals surface area contributed by atoms with Crippen molar-refractivity contribution in [2.45, 2.75) is 31.7 Å². The maximum atomic E-state index is 10.0. The number of hydrogen-bond donors (Lipinski definition) is 3. The smallest absolute Gasteiger partial charge is 0.200 e. The van der Waals surface area contributed by atoms with E-state index in [1.165, 1.54) is 5.56 Å². The zero-order chi connectivity index (χ0) is 22.8. The molecule has 33 heavy (non-hydrogen) atoms. The van der Waals surface area contributed by atoms with Gasteiger partial charge < -0.3 is 15.2 Å². The van der Waals surface area contributed by atoms with E-state index in [0.717, 1.165) is 22.4 Å². The van der Waals surface area contributed by atoms with Crippen LogP contribution in [0, 0.1) is 24.2 Å². The predicted octanol–water partition coefficient (Wildman–Crippen LogP) is 4.17. The fourth-order valence-corrected chi connectivity index (χ4v) is 4.73. The van der Waals surface area contributed by atoms with Crippen molar-refractivity contribution >= 4 is 0 Å². The van der Waals surface area contributed by atoms with Crippen LogP contribution in [0.4, 0.5) is 0 Å². The van der Waals surface area contributed by atoms with E-state index in [9.17, 15) is 5.26 Å². The van der Waals surface area contributed by atoms with Crippen LogP contribution in [-0.2, 0) is 11.3 Å². The molecule has 6 heteroatoms. The molecule has 4 unspecified atom stereocenters. The predicted molar refractivity (Wildman–Crippen MR) is 125 cm³/mol. The number of para-hydroxylation sites is 1. The standard InChI is InChI=1S/C27H26N4O2/c1-17-11-13-18(14-12-17)16-32-22-10-6-5-9-20(22)23-21(15-28)26(29)33-27-24(23)25(30-31-27)19-7-3-2-4-8-19/h2-14,23-25,27,30-31H,16,29H2,1H3. The molecular formula is C27H26N4O2. The SMILES string of the molecule is Cc1ccc(COc2ccccc2C2C(C#N)=C(N)OC3NNC(c4ccccc4)C32)cc1. The Morgan fingerprint density at radius 1 is 0.970 bits per heavy atom. The highest BCUT2D eigenvalue weighted by molar-refractivity contribution is 5.48. The van der Waals surface area contributed by atoms with Gasteiger partial charge in [0.15, 0.2) is 6.23 Å². The van der Waals surface area contributed by atoms with Crippen LogP contribution in [0.25, 0.3) is 0 Å². The largest absolute Gasteiger partial charge is 0.489 e. The zero-order valence-electron chi connectivity index (χ0n) is 18.4.